The minimum atomic E-state index is -1.12. The van der Waals surface area contributed by atoms with Gasteiger partial charge in [-0.15, -0.1) is 0 Å². The summed E-state index contributed by atoms with van der Waals surface area (Å²) in [5, 5.41) is 12.6. The average molecular weight is 505 g/mol. The first kappa shape index (κ1) is 24.1. The molecule has 2 fully saturated rings. The molecule has 0 saturated carbocycles. The van der Waals surface area contributed by atoms with Gasteiger partial charge in [0, 0.05) is 17.7 Å². The molecule has 0 N–H and O–H groups in total. The fraction of sp³-hybridized carbons (Fsp3) is 0.231. The predicted octanol–water partition coefficient (Wildman–Crippen LogP) is 3.67. The minimum absolute atomic E-state index is 0.150. The maximum Gasteiger partial charge on any atom is 0.269 e. The number of amides is 2. The summed E-state index contributed by atoms with van der Waals surface area (Å²) < 4.78 is 16.7. The molecule has 2 amide bonds. The van der Waals surface area contributed by atoms with Gasteiger partial charge in [-0.3, -0.25) is 24.5 Å². The number of fused-ring (bicyclic) bond motifs is 1. The third-order valence-electron chi connectivity index (χ3n) is 6.50. The van der Waals surface area contributed by atoms with Crippen molar-refractivity contribution in [3.8, 4) is 17.2 Å². The number of methoxy groups -OCH3 is 3. The molecule has 2 aliphatic heterocycles. The Morgan fingerprint density at radius 3 is 2.08 bits per heavy atom. The second-order valence-corrected chi connectivity index (χ2v) is 8.37. The lowest BCUT2D eigenvalue weighted by atomic mass is 9.89. The Hall–Kier alpha value is -4.64. The van der Waals surface area contributed by atoms with E-state index in [0.717, 1.165) is 4.90 Å². The quantitative estimate of drug-likeness (QED) is 0.269. The summed E-state index contributed by atoms with van der Waals surface area (Å²) in [5.41, 5.74) is 1.27. The van der Waals surface area contributed by atoms with Gasteiger partial charge in [0.15, 0.2) is 17.6 Å². The number of nitrogens with zero attached hydrogens (tertiary/aromatic N) is 3. The van der Waals surface area contributed by atoms with Gasteiger partial charge in [0.1, 0.15) is 12.0 Å². The molecule has 0 aliphatic carbocycles. The fourth-order valence-corrected chi connectivity index (χ4v) is 4.86. The van der Waals surface area contributed by atoms with Crippen LogP contribution in [0.1, 0.15) is 11.6 Å². The summed E-state index contributed by atoms with van der Waals surface area (Å²) in [4.78, 5) is 45.0. The highest BCUT2D eigenvalue weighted by molar-refractivity contribution is 6.24. The summed E-state index contributed by atoms with van der Waals surface area (Å²) in [6.07, 6.45) is -1.12. The Kier molecular flexibility index (Phi) is 6.14. The van der Waals surface area contributed by atoms with Crippen LogP contribution in [0.3, 0.4) is 0 Å². The number of imide groups is 1. The van der Waals surface area contributed by atoms with Crippen molar-refractivity contribution in [2.75, 3.05) is 31.3 Å². The zero-order valence-electron chi connectivity index (χ0n) is 20.2. The number of hydroxylamine groups is 1. The van der Waals surface area contributed by atoms with Crippen molar-refractivity contribution in [3.63, 3.8) is 0 Å². The van der Waals surface area contributed by atoms with Crippen LogP contribution in [-0.4, -0.2) is 44.2 Å². The minimum Gasteiger partial charge on any atom is -0.493 e. The van der Waals surface area contributed by atoms with Crippen LogP contribution in [0, 0.1) is 16.0 Å². The van der Waals surface area contributed by atoms with E-state index in [-0.39, 0.29) is 11.4 Å². The maximum absolute atomic E-state index is 13.8. The van der Waals surface area contributed by atoms with Crippen LogP contribution in [0.15, 0.2) is 66.7 Å². The summed E-state index contributed by atoms with van der Waals surface area (Å²) in [7, 11) is 4.46. The molecule has 2 aliphatic rings. The third-order valence-corrected chi connectivity index (χ3v) is 6.50. The highest BCUT2D eigenvalue weighted by Crippen LogP contribution is 2.52. The molecule has 11 nitrogen and oxygen atoms in total. The number of carbonyl (C=O) groups is 2. The molecule has 3 aromatic carbocycles. The monoisotopic (exact) mass is 505 g/mol. The van der Waals surface area contributed by atoms with E-state index in [9.17, 15) is 19.7 Å². The molecule has 37 heavy (non-hydrogen) atoms. The first-order chi connectivity index (χ1) is 17.9. The topological polar surface area (TPSA) is 121 Å². The molecule has 3 aromatic rings. The second-order valence-electron chi connectivity index (χ2n) is 8.37. The van der Waals surface area contributed by atoms with Crippen LogP contribution in [-0.2, 0) is 14.4 Å². The molecule has 3 atom stereocenters. The smallest absolute Gasteiger partial charge is 0.269 e. The van der Waals surface area contributed by atoms with Crippen LogP contribution in [0.2, 0.25) is 0 Å². The second kappa shape index (κ2) is 9.43. The maximum atomic E-state index is 13.8. The lowest BCUT2D eigenvalue weighted by molar-refractivity contribution is -0.384. The standard InChI is InChI=1S/C26H23N3O8/c1-34-19-14-13-18(22(35-2)23(19)36-3)21-20-24(37-28(21)16-7-5-4-6-8-16)26(31)27(25(20)30)15-9-11-17(12-10-15)29(32)33/h4-14,20-21,24H,1-3H3/t20-,21-,24+/m0/s1. The number of benzene rings is 3. The number of hydrogen-bond donors (Lipinski definition) is 0. The van der Waals surface area contributed by atoms with Gasteiger partial charge in [-0.1, -0.05) is 18.2 Å². The first-order valence-corrected chi connectivity index (χ1v) is 11.3. The number of hydrogen-bond acceptors (Lipinski definition) is 9. The fourth-order valence-electron chi connectivity index (χ4n) is 4.86. The summed E-state index contributed by atoms with van der Waals surface area (Å²) >= 11 is 0. The number of anilines is 2. The summed E-state index contributed by atoms with van der Waals surface area (Å²) in [6, 6.07) is 17.0. The predicted molar refractivity (Wildman–Crippen MR) is 132 cm³/mol. The Morgan fingerprint density at radius 1 is 0.811 bits per heavy atom. The Balaban J connectivity index is 1.63. The van der Waals surface area contributed by atoms with Crippen molar-refractivity contribution in [2.45, 2.75) is 12.1 Å². The molecule has 190 valence electrons. The Morgan fingerprint density at radius 2 is 1.49 bits per heavy atom. The van der Waals surface area contributed by atoms with Gasteiger partial charge in [-0.25, -0.2) is 9.96 Å². The van der Waals surface area contributed by atoms with Gasteiger partial charge >= 0.3 is 0 Å². The third kappa shape index (κ3) is 3.80. The van der Waals surface area contributed by atoms with Crippen LogP contribution >= 0.6 is 0 Å². The van der Waals surface area contributed by atoms with E-state index < -0.39 is 34.8 Å². The molecule has 0 unspecified atom stereocenters. The van der Waals surface area contributed by atoms with E-state index >= 15 is 0 Å². The lowest BCUT2D eigenvalue weighted by Crippen LogP contribution is -2.37. The van der Waals surface area contributed by atoms with Gasteiger partial charge < -0.3 is 14.2 Å². The lowest BCUT2D eigenvalue weighted by Gasteiger charge is -2.30. The molecule has 0 radical (unpaired) electrons. The van der Waals surface area contributed by atoms with Gasteiger partial charge in [0.2, 0.25) is 11.7 Å². The zero-order chi connectivity index (χ0) is 26.3. The molecular weight excluding hydrogens is 482 g/mol. The summed E-state index contributed by atoms with van der Waals surface area (Å²) in [6.45, 7) is 0. The average Bonchev–Trinajstić information content (AvgIpc) is 3.43. The number of para-hydroxylation sites is 1. The number of ether oxygens (including phenoxy) is 3. The Labute approximate surface area is 211 Å². The van der Waals surface area contributed by atoms with Crippen molar-refractivity contribution in [1.29, 1.82) is 0 Å². The van der Waals surface area contributed by atoms with E-state index in [1.54, 1.807) is 17.2 Å². The van der Waals surface area contributed by atoms with Crippen LogP contribution in [0.25, 0.3) is 0 Å². The van der Waals surface area contributed by atoms with E-state index in [1.165, 1.54) is 45.6 Å². The molecule has 0 spiro atoms. The van der Waals surface area contributed by atoms with Crippen molar-refractivity contribution in [3.05, 3.63) is 82.4 Å². The van der Waals surface area contributed by atoms with Gasteiger partial charge in [0.05, 0.1) is 37.6 Å². The van der Waals surface area contributed by atoms with Gasteiger partial charge in [-0.05, 0) is 36.4 Å². The first-order valence-electron chi connectivity index (χ1n) is 11.3. The van der Waals surface area contributed by atoms with E-state index in [4.69, 9.17) is 19.0 Å². The van der Waals surface area contributed by atoms with Crippen LogP contribution < -0.4 is 24.2 Å². The van der Waals surface area contributed by atoms with E-state index in [2.05, 4.69) is 0 Å². The Bertz CT molecular complexity index is 1360. The number of rotatable bonds is 7. The molecule has 5 rings (SSSR count). The zero-order valence-corrected chi connectivity index (χ0v) is 20.2. The number of nitro benzene ring substituents is 1. The number of nitro groups is 1. The van der Waals surface area contributed by atoms with Crippen molar-refractivity contribution in [1.82, 2.24) is 0 Å². The number of non-ortho nitro benzene ring substituents is 1. The van der Waals surface area contributed by atoms with Gasteiger partial charge in [-0.2, -0.15) is 0 Å². The van der Waals surface area contributed by atoms with Crippen molar-refractivity contribution < 1.29 is 33.6 Å². The van der Waals surface area contributed by atoms with E-state index in [1.807, 2.05) is 30.3 Å². The van der Waals surface area contributed by atoms with Crippen molar-refractivity contribution in [2.24, 2.45) is 5.92 Å². The number of carbonyl (C=O) groups excluding carboxylic acids is 2. The summed E-state index contributed by atoms with van der Waals surface area (Å²) in [5.74, 6) is -0.883. The van der Waals surface area contributed by atoms with Crippen LogP contribution in [0.5, 0.6) is 17.2 Å². The molecule has 2 heterocycles. The molecule has 0 bridgehead atoms. The van der Waals surface area contributed by atoms with Crippen molar-refractivity contribution >= 4 is 28.9 Å². The van der Waals surface area contributed by atoms with Gasteiger partial charge in [0.25, 0.3) is 11.6 Å². The highest BCUT2D eigenvalue weighted by atomic mass is 16.7. The van der Waals surface area contributed by atoms with E-state index in [0.29, 0.717) is 28.5 Å². The largest absolute Gasteiger partial charge is 0.493 e. The molecule has 11 heteroatoms. The molecular formula is C26H23N3O8. The molecule has 2 saturated heterocycles. The normalized spacial score (nSPS) is 20.7. The highest BCUT2D eigenvalue weighted by Gasteiger charge is 2.61. The SMILES string of the molecule is COc1ccc([C@H]2[C@@H]3C(=O)N(c4ccc([N+](=O)[O-])cc4)C(=O)[C@@H]3ON2c2ccccc2)c(OC)c1OC. The van der Waals surface area contributed by atoms with Crippen LogP contribution in [0.4, 0.5) is 17.1 Å². The molecule has 0 aromatic heterocycles.